The number of anilines is 1. The molecule has 0 fully saturated rings. The van der Waals surface area contributed by atoms with Crippen LogP contribution >= 0.6 is 0 Å². The Morgan fingerprint density at radius 3 is 2.53 bits per heavy atom. The zero-order valence-corrected chi connectivity index (χ0v) is 11.1. The number of carbonyl (C=O) groups excluding carboxylic acids is 1. The van der Waals surface area contributed by atoms with Gasteiger partial charge >= 0.3 is 0 Å². The minimum Gasteiger partial charge on any atom is -0.323 e. The lowest BCUT2D eigenvalue weighted by molar-refractivity contribution is -0.105. The lowest BCUT2D eigenvalue weighted by atomic mass is 10.3. The summed E-state index contributed by atoms with van der Waals surface area (Å²) in [6, 6.07) is 9.63. The highest BCUT2D eigenvalue weighted by atomic mass is 16.1. The molecular formula is C14H17N3O2. The second kappa shape index (κ2) is 5.56. The normalized spacial score (nSPS) is 10.4. The number of rotatable bonds is 5. The summed E-state index contributed by atoms with van der Waals surface area (Å²) in [4.78, 5) is 22.9. The molecule has 1 N–H and O–H groups in total. The fraction of sp³-hybridized carbons (Fsp3) is 0.286. The van der Waals surface area contributed by atoms with Gasteiger partial charge in [-0.3, -0.25) is 14.3 Å². The molecule has 0 spiro atoms. The predicted octanol–water partition coefficient (Wildman–Crippen LogP) is 1.93. The van der Waals surface area contributed by atoms with E-state index in [0.29, 0.717) is 18.6 Å². The Bertz CT molecular complexity index is 626. The molecule has 0 unspecified atom stereocenters. The number of para-hydroxylation sites is 1. The molecule has 100 valence electrons. The Hall–Kier alpha value is -2.30. The highest BCUT2D eigenvalue weighted by Crippen LogP contribution is 2.16. The number of hydrogen-bond acceptors (Lipinski definition) is 2. The molecule has 0 radical (unpaired) electrons. The van der Waals surface area contributed by atoms with Crippen LogP contribution < -0.4 is 10.9 Å². The van der Waals surface area contributed by atoms with E-state index in [0.717, 1.165) is 17.8 Å². The van der Waals surface area contributed by atoms with Gasteiger partial charge < -0.3 is 5.32 Å². The first-order chi connectivity index (χ1) is 9.20. The highest BCUT2D eigenvalue weighted by Gasteiger charge is 2.16. The van der Waals surface area contributed by atoms with Gasteiger partial charge in [0.2, 0.25) is 6.41 Å². The summed E-state index contributed by atoms with van der Waals surface area (Å²) in [5.41, 5.74) is 1.81. The van der Waals surface area contributed by atoms with Crippen LogP contribution in [-0.4, -0.2) is 15.8 Å². The summed E-state index contributed by atoms with van der Waals surface area (Å²) in [6.45, 7) is 4.44. The van der Waals surface area contributed by atoms with Gasteiger partial charge in [0, 0.05) is 6.54 Å². The molecule has 1 heterocycles. The number of nitrogens with one attached hydrogen (secondary N) is 1. The van der Waals surface area contributed by atoms with Gasteiger partial charge in [-0.05, 0) is 25.5 Å². The number of hydrogen-bond donors (Lipinski definition) is 1. The van der Waals surface area contributed by atoms with Crippen LogP contribution in [-0.2, 0) is 11.3 Å². The van der Waals surface area contributed by atoms with Crippen LogP contribution in [0.25, 0.3) is 5.69 Å². The molecule has 5 nitrogen and oxygen atoms in total. The molecule has 19 heavy (non-hydrogen) atoms. The Morgan fingerprint density at radius 1 is 1.26 bits per heavy atom. The quantitative estimate of drug-likeness (QED) is 0.834. The van der Waals surface area contributed by atoms with Gasteiger partial charge in [0.15, 0.2) is 0 Å². The molecular weight excluding hydrogens is 242 g/mol. The number of nitrogens with zero attached hydrogens (tertiary/aromatic N) is 2. The maximum absolute atomic E-state index is 12.3. The van der Waals surface area contributed by atoms with Gasteiger partial charge in [0.25, 0.3) is 5.56 Å². The topological polar surface area (TPSA) is 56.0 Å². The molecule has 1 aromatic carbocycles. The maximum atomic E-state index is 12.3. The van der Waals surface area contributed by atoms with Crippen molar-refractivity contribution in [3.05, 3.63) is 46.4 Å². The second-order valence-corrected chi connectivity index (χ2v) is 4.30. The van der Waals surface area contributed by atoms with Crippen LogP contribution in [0.5, 0.6) is 0 Å². The Balaban J connectivity index is 2.68. The number of aromatic nitrogens is 2. The van der Waals surface area contributed by atoms with Crippen LogP contribution in [0.4, 0.5) is 5.69 Å². The molecule has 0 saturated carbocycles. The van der Waals surface area contributed by atoms with Crippen molar-refractivity contribution < 1.29 is 4.79 Å². The van der Waals surface area contributed by atoms with Crippen molar-refractivity contribution in [1.29, 1.82) is 0 Å². The SMILES string of the molecule is CCCn1c(=O)c(NC=O)c(C)n1-c1ccccc1. The molecule has 0 aliphatic heterocycles. The molecule has 0 aliphatic rings. The van der Waals surface area contributed by atoms with Crippen molar-refractivity contribution in [1.82, 2.24) is 9.36 Å². The summed E-state index contributed by atoms with van der Waals surface area (Å²) >= 11 is 0. The maximum Gasteiger partial charge on any atom is 0.291 e. The zero-order valence-electron chi connectivity index (χ0n) is 11.1. The van der Waals surface area contributed by atoms with E-state index in [1.54, 1.807) is 4.68 Å². The van der Waals surface area contributed by atoms with E-state index >= 15 is 0 Å². The van der Waals surface area contributed by atoms with E-state index in [1.807, 2.05) is 48.9 Å². The van der Waals surface area contributed by atoms with E-state index in [2.05, 4.69) is 5.32 Å². The van der Waals surface area contributed by atoms with Gasteiger partial charge in [0.1, 0.15) is 5.69 Å². The first-order valence-electron chi connectivity index (χ1n) is 6.28. The lowest BCUT2D eigenvalue weighted by Crippen LogP contribution is -2.23. The number of amides is 1. The van der Waals surface area contributed by atoms with Crippen LogP contribution in [0.1, 0.15) is 19.0 Å². The number of carbonyl (C=O) groups is 1. The minimum atomic E-state index is -0.171. The van der Waals surface area contributed by atoms with Crippen molar-refractivity contribution in [3.63, 3.8) is 0 Å². The Labute approximate surface area is 111 Å². The molecule has 0 aliphatic carbocycles. The first-order valence-corrected chi connectivity index (χ1v) is 6.28. The van der Waals surface area contributed by atoms with Gasteiger partial charge in [0.05, 0.1) is 11.4 Å². The van der Waals surface area contributed by atoms with E-state index in [4.69, 9.17) is 0 Å². The smallest absolute Gasteiger partial charge is 0.291 e. The van der Waals surface area contributed by atoms with E-state index in [9.17, 15) is 9.59 Å². The van der Waals surface area contributed by atoms with E-state index < -0.39 is 0 Å². The fourth-order valence-electron chi connectivity index (χ4n) is 2.20. The first kappa shape index (κ1) is 13.1. The van der Waals surface area contributed by atoms with Crippen LogP contribution in [0.2, 0.25) is 0 Å². The molecule has 2 aromatic rings. The van der Waals surface area contributed by atoms with Crippen molar-refractivity contribution in [2.75, 3.05) is 5.32 Å². The summed E-state index contributed by atoms with van der Waals surface area (Å²) < 4.78 is 3.49. The molecule has 2 rings (SSSR count). The lowest BCUT2D eigenvalue weighted by Gasteiger charge is -2.12. The third-order valence-electron chi connectivity index (χ3n) is 3.01. The van der Waals surface area contributed by atoms with Crippen molar-refractivity contribution >= 4 is 12.1 Å². The summed E-state index contributed by atoms with van der Waals surface area (Å²) in [7, 11) is 0. The molecule has 1 aromatic heterocycles. The van der Waals surface area contributed by atoms with Crippen LogP contribution in [0.3, 0.4) is 0 Å². The summed E-state index contributed by atoms with van der Waals surface area (Å²) in [5, 5.41) is 2.50. The fourth-order valence-corrected chi connectivity index (χ4v) is 2.20. The average Bonchev–Trinajstić information content (AvgIpc) is 2.65. The second-order valence-electron chi connectivity index (χ2n) is 4.30. The largest absolute Gasteiger partial charge is 0.323 e. The summed E-state index contributed by atoms with van der Waals surface area (Å²) in [6.07, 6.45) is 1.38. The standard InChI is InChI=1S/C14H17N3O2/c1-3-9-16-14(19)13(15-10-18)11(2)17(16)12-7-5-4-6-8-12/h4-8,10H,3,9H2,1-2H3,(H,15,18). The minimum absolute atomic E-state index is 0.171. The molecule has 5 heteroatoms. The van der Waals surface area contributed by atoms with E-state index in [-0.39, 0.29) is 5.56 Å². The van der Waals surface area contributed by atoms with Gasteiger partial charge in [-0.15, -0.1) is 0 Å². The van der Waals surface area contributed by atoms with Crippen LogP contribution in [0.15, 0.2) is 35.1 Å². The van der Waals surface area contributed by atoms with Gasteiger partial charge in [-0.2, -0.15) is 0 Å². The third-order valence-corrected chi connectivity index (χ3v) is 3.01. The highest BCUT2D eigenvalue weighted by molar-refractivity contribution is 5.72. The van der Waals surface area contributed by atoms with Crippen molar-refractivity contribution in [2.45, 2.75) is 26.8 Å². The van der Waals surface area contributed by atoms with Gasteiger partial charge in [-0.1, -0.05) is 25.1 Å². The average molecular weight is 259 g/mol. The Kier molecular flexibility index (Phi) is 3.85. The third kappa shape index (κ3) is 2.31. The number of benzene rings is 1. The molecule has 0 saturated heterocycles. The molecule has 0 bridgehead atoms. The zero-order chi connectivity index (χ0) is 13.8. The molecule has 0 atom stereocenters. The monoisotopic (exact) mass is 259 g/mol. The van der Waals surface area contributed by atoms with Gasteiger partial charge in [-0.25, -0.2) is 4.68 Å². The summed E-state index contributed by atoms with van der Waals surface area (Å²) in [5.74, 6) is 0. The molecule has 1 amide bonds. The predicted molar refractivity (Wildman–Crippen MR) is 74.7 cm³/mol. The van der Waals surface area contributed by atoms with E-state index in [1.165, 1.54) is 0 Å². The van der Waals surface area contributed by atoms with Crippen molar-refractivity contribution in [3.8, 4) is 5.69 Å². The van der Waals surface area contributed by atoms with Crippen LogP contribution in [0, 0.1) is 6.92 Å². The van der Waals surface area contributed by atoms with Crippen molar-refractivity contribution in [2.24, 2.45) is 0 Å². The Morgan fingerprint density at radius 2 is 1.95 bits per heavy atom.